The van der Waals surface area contributed by atoms with Crippen LogP contribution in [0.5, 0.6) is 0 Å². The van der Waals surface area contributed by atoms with Crippen LogP contribution in [0.25, 0.3) is 0 Å². The molecule has 1 aliphatic rings. The average Bonchev–Trinajstić information content (AvgIpc) is 3.01. The maximum atomic E-state index is 12.5. The van der Waals surface area contributed by atoms with Gasteiger partial charge in [0.15, 0.2) is 0 Å². The topological polar surface area (TPSA) is 53.4 Å². The smallest absolute Gasteiger partial charge is 0.271 e. The maximum absolute atomic E-state index is 12.5. The van der Waals surface area contributed by atoms with Crippen LogP contribution in [0, 0.1) is 0 Å². The Kier molecular flexibility index (Phi) is 6.63. The van der Waals surface area contributed by atoms with Gasteiger partial charge in [-0.3, -0.25) is 14.4 Å². The first-order valence-electron chi connectivity index (χ1n) is 9.55. The highest BCUT2D eigenvalue weighted by atomic mass is 16.1. The highest BCUT2D eigenvalue weighted by molar-refractivity contribution is 5.92. The van der Waals surface area contributed by atoms with Gasteiger partial charge in [-0.15, -0.1) is 0 Å². The van der Waals surface area contributed by atoms with Crippen molar-refractivity contribution in [2.75, 3.05) is 45.8 Å². The molecule has 0 radical (unpaired) electrons. The highest BCUT2D eigenvalue weighted by Gasteiger charge is 2.23. The Balaban J connectivity index is 1.89. The number of piperazine rings is 1. The summed E-state index contributed by atoms with van der Waals surface area (Å²) in [6.45, 7) is 19.9. The largest absolute Gasteiger partial charge is 0.349 e. The number of nitrogens with one attached hydrogen (secondary N) is 1. The van der Waals surface area contributed by atoms with Crippen molar-refractivity contribution in [1.82, 2.24) is 24.9 Å². The number of hydrogen-bond donors (Lipinski definition) is 1. The SMILES string of the molecule is CCN1CCN(CCNC(=O)c2cc(C(C)C)n(C(C)(C)C)n2)CC1. The van der Waals surface area contributed by atoms with E-state index in [-0.39, 0.29) is 11.4 Å². The standard InChI is InChI=1S/C19H35N5O/c1-7-22-10-12-23(13-11-22)9-8-20-18(25)16-14-17(15(2)3)24(21-16)19(4,5)6/h14-15H,7-13H2,1-6H3,(H,20,25). The first kappa shape index (κ1) is 19.9. The normalized spacial score (nSPS) is 17.2. The van der Waals surface area contributed by atoms with Crippen LogP contribution in [0.1, 0.15) is 63.6 Å². The molecule has 6 nitrogen and oxygen atoms in total. The first-order chi connectivity index (χ1) is 11.7. The van der Waals surface area contributed by atoms with Gasteiger partial charge >= 0.3 is 0 Å². The minimum Gasteiger partial charge on any atom is -0.349 e. The van der Waals surface area contributed by atoms with Crippen molar-refractivity contribution in [3.05, 3.63) is 17.5 Å². The molecule has 2 heterocycles. The molecule has 0 aromatic carbocycles. The summed E-state index contributed by atoms with van der Waals surface area (Å²) in [6.07, 6.45) is 0. The van der Waals surface area contributed by atoms with Gasteiger partial charge < -0.3 is 10.2 Å². The number of amides is 1. The molecule has 1 aromatic heterocycles. The third-order valence-corrected chi connectivity index (χ3v) is 4.82. The fourth-order valence-corrected chi connectivity index (χ4v) is 3.20. The van der Waals surface area contributed by atoms with Gasteiger partial charge in [-0.2, -0.15) is 5.10 Å². The van der Waals surface area contributed by atoms with Gasteiger partial charge in [0.05, 0.1) is 5.54 Å². The summed E-state index contributed by atoms with van der Waals surface area (Å²) in [6, 6.07) is 1.94. The highest BCUT2D eigenvalue weighted by Crippen LogP contribution is 2.23. The molecule has 25 heavy (non-hydrogen) atoms. The summed E-state index contributed by atoms with van der Waals surface area (Å²) >= 11 is 0. The quantitative estimate of drug-likeness (QED) is 0.855. The zero-order chi connectivity index (χ0) is 18.6. The van der Waals surface area contributed by atoms with Crippen LogP contribution >= 0.6 is 0 Å². The van der Waals surface area contributed by atoms with Crippen LogP contribution in [0.2, 0.25) is 0 Å². The van der Waals surface area contributed by atoms with E-state index in [1.165, 1.54) is 0 Å². The maximum Gasteiger partial charge on any atom is 0.271 e. The van der Waals surface area contributed by atoms with Gasteiger partial charge in [-0.05, 0) is 39.3 Å². The molecular weight excluding hydrogens is 314 g/mol. The van der Waals surface area contributed by atoms with E-state index in [4.69, 9.17) is 0 Å². The second kappa shape index (κ2) is 8.32. The monoisotopic (exact) mass is 349 g/mol. The van der Waals surface area contributed by atoms with Crippen molar-refractivity contribution < 1.29 is 4.79 Å². The molecule has 0 atom stereocenters. The minimum absolute atomic E-state index is 0.0721. The molecular formula is C19H35N5O. The molecule has 1 fully saturated rings. The lowest BCUT2D eigenvalue weighted by Crippen LogP contribution is -2.48. The predicted molar refractivity (Wildman–Crippen MR) is 102 cm³/mol. The molecule has 1 aromatic rings. The zero-order valence-electron chi connectivity index (χ0n) is 16.8. The molecule has 1 aliphatic heterocycles. The van der Waals surface area contributed by atoms with Crippen molar-refractivity contribution >= 4 is 5.91 Å². The second-order valence-electron chi connectivity index (χ2n) is 8.22. The second-order valence-corrected chi connectivity index (χ2v) is 8.22. The van der Waals surface area contributed by atoms with Gasteiger partial charge in [-0.1, -0.05) is 20.8 Å². The van der Waals surface area contributed by atoms with Crippen LogP contribution in [-0.4, -0.2) is 71.3 Å². The van der Waals surface area contributed by atoms with Crippen molar-refractivity contribution in [2.24, 2.45) is 0 Å². The molecule has 1 amide bonds. The molecule has 1 N–H and O–H groups in total. The molecule has 0 aliphatic carbocycles. The molecule has 0 bridgehead atoms. The van der Waals surface area contributed by atoms with Crippen molar-refractivity contribution in [1.29, 1.82) is 0 Å². The zero-order valence-corrected chi connectivity index (χ0v) is 16.8. The summed E-state index contributed by atoms with van der Waals surface area (Å²) < 4.78 is 1.98. The van der Waals surface area contributed by atoms with E-state index >= 15 is 0 Å². The van der Waals surface area contributed by atoms with Crippen molar-refractivity contribution in [3.63, 3.8) is 0 Å². The van der Waals surface area contributed by atoms with Gasteiger partial charge in [-0.25, -0.2) is 0 Å². The Morgan fingerprint density at radius 1 is 1.20 bits per heavy atom. The lowest BCUT2D eigenvalue weighted by molar-refractivity contribution is 0.0931. The first-order valence-corrected chi connectivity index (χ1v) is 9.55. The number of carbonyl (C=O) groups excluding carboxylic acids is 1. The van der Waals surface area contributed by atoms with Gasteiger partial charge in [0.2, 0.25) is 0 Å². The number of nitrogens with zero attached hydrogens (tertiary/aromatic N) is 4. The molecule has 2 rings (SSSR count). The Labute approximate surface area is 152 Å². The van der Waals surface area contributed by atoms with Crippen LogP contribution in [0.15, 0.2) is 6.07 Å². The van der Waals surface area contributed by atoms with E-state index in [0.29, 0.717) is 18.2 Å². The summed E-state index contributed by atoms with van der Waals surface area (Å²) in [7, 11) is 0. The van der Waals surface area contributed by atoms with Gasteiger partial charge in [0.25, 0.3) is 5.91 Å². The van der Waals surface area contributed by atoms with Crippen molar-refractivity contribution in [3.8, 4) is 0 Å². The number of likely N-dealkylation sites (N-methyl/N-ethyl adjacent to an activating group) is 1. The summed E-state index contributed by atoms with van der Waals surface area (Å²) in [5.74, 6) is 0.264. The number of carbonyl (C=O) groups is 1. The van der Waals surface area contributed by atoms with E-state index in [1.807, 2.05) is 10.7 Å². The minimum atomic E-state index is -0.128. The van der Waals surface area contributed by atoms with Gasteiger partial charge in [0, 0.05) is 45.0 Å². The molecule has 0 saturated carbocycles. The Morgan fingerprint density at radius 2 is 1.80 bits per heavy atom. The van der Waals surface area contributed by atoms with E-state index in [0.717, 1.165) is 45.0 Å². The summed E-state index contributed by atoms with van der Waals surface area (Å²) in [5.41, 5.74) is 1.50. The fraction of sp³-hybridized carbons (Fsp3) is 0.789. The third kappa shape index (κ3) is 5.28. The number of rotatable bonds is 6. The Bertz CT molecular complexity index is 565. The third-order valence-electron chi connectivity index (χ3n) is 4.82. The Hall–Kier alpha value is -1.40. The lowest BCUT2D eigenvalue weighted by atomic mass is 10.1. The molecule has 0 spiro atoms. The molecule has 0 unspecified atom stereocenters. The summed E-state index contributed by atoms with van der Waals surface area (Å²) in [5, 5.41) is 7.61. The molecule has 6 heteroatoms. The van der Waals surface area contributed by atoms with E-state index in [1.54, 1.807) is 0 Å². The summed E-state index contributed by atoms with van der Waals surface area (Å²) in [4.78, 5) is 17.4. The fourth-order valence-electron chi connectivity index (χ4n) is 3.20. The van der Waals surface area contributed by atoms with Crippen LogP contribution < -0.4 is 5.32 Å². The van der Waals surface area contributed by atoms with Gasteiger partial charge in [0.1, 0.15) is 5.69 Å². The van der Waals surface area contributed by atoms with E-state index in [2.05, 4.69) is 61.8 Å². The van der Waals surface area contributed by atoms with E-state index < -0.39 is 0 Å². The van der Waals surface area contributed by atoms with Crippen LogP contribution in [0.4, 0.5) is 0 Å². The van der Waals surface area contributed by atoms with E-state index in [9.17, 15) is 4.79 Å². The van der Waals surface area contributed by atoms with Crippen LogP contribution in [-0.2, 0) is 5.54 Å². The Morgan fingerprint density at radius 3 is 2.28 bits per heavy atom. The number of hydrogen-bond acceptors (Lipinski definition) is 4. The lowest BCUT2D eigenvalue weighted by Gasteiger charge is -2.33. The average molecular weight is 350 g/mol. The van der Waals surface area contributed by atoms with Crippen LogP contribution in [0.3, 0.4) is 0 Å². The molecule has 142 valence electrons. The van der Waals surface area contributed by atoms with Crippen molar-refractivity contribution in [2.45, 2.75) is 53.0 Å². The molecule has 1 saturated heterocycles. The predicted octanol–water partition coefficient (Wildman–Crippen LogP) is 2.13. The number of aromatic nitrogens is 2.